The third-order valence-electron chi connectivity index (χ3n) is 4.82. The van der Waals surface area contributed by atoms with Gasteiger partial charge in [-0.2, -0.15) is 5.10 Å². The lowest BCUT2D eigenvalue weighted by Gasteiger charge is -2.24. The number of amides is 1. The van der Waals surface area contributed by atoms with Crippen LogP contribution in [0.25, 0.3) is 0 Å². The SMILES string of the molecule is CC(NC(Cn1cccn1)c1ccccc1)C(=O)Nc1ccccc1C(C)C. The molecular weight excluding hydrogens is 348 g/mol. The number of aromatic nitrogens is 2. The van der Waals surface area contributed by atoms with Gasteiger partial charge in [0.1, 0.15) is 0 Å². The van der Waals surface area contributed by atoms with Crippen molar-refractivity contribution in [2.75, 3.05) is 5.32 Å². The Morgan fingerprint density at radius 2 is 1.71 bits per heavy atom. The molecule has 5 heteroatoms. The van der Waals surface area contributed by atoms with E-state index < -0.39 is 0 Å². The van der Waals surface area contributed by atoms with Gasteiger partial charge in [0.05, 0.1) is 18.6 Å². The summed E-state index contributed by atoms with van der Waals surface area (Å²) >= 11 is 0. The van der Waals surface area contributed by atoms with Crippen LogP contribution in [0.3, 0.4) is 0 Å². The molecule has 0 spiro atoms. The van der Waals surface area contributed by atoms with E-state index in [1.165, 1.54) is 0 Å². The van der Waals surface area contributed by atoms with Gasteiger partial charge in [-0.05, 0) is 36.1 Å². The number of carbonyl (C=O) groups excluding carboxylic acids is 1. The number of hydrogen-bond donors (Lipinski definition) is 2. The third-order valence-corrected chi connectivity index (χ3v) is 4.82. The minimum absolute atomic E-state index is 0.0257. The number of anilines is 1. The molecule has 146 valence electrons. The van der Waals surface area contributed by atoms with E-state index in [9.17, 15) is 4.79 Å². The molecule has 0 radical (unpaired) electrons. The van der Waals surface area contributed by atoms with Crippen molar-refractivity contribution in [1.82, 2.24) is 15.1 Å². The summed E-state index contributed by atoms with van der Waals surface area (Å²) in [5.41, 5.74) is 3.14. The number of benzene rings is 2. The molecule has 0 bridgehead atoms. The third kappa shape index (κ3) is 5.08. The van der Waals surface area contributed by atoms with Crippen molar-refractivity contribution >= 4 is 11.6 Å². The molecule has 2 unspecified atom stereocenters. The van der Waals surface area contributed by atoms with Gasteiger partial charge in [-0.1, -0.05) is 62.4 Å². The maximum absolute atomic E-state index is 12.9. The first-order valence-electron chi connectivity index (χ1n) is 9.73. The highest BCUT2D eigenvalue weighted by Crippen LogP contribution is 2.24. The molecule has 5 nitrogen and oxygen atoms in total. The molecule has 3 rings (SSSR count). The molecule has 0 aliphatic heterocycles. The highest BCUT2D eigenvalue weighted by Gasteiger charge is 2.21. The van der Waals surface area contributed by atoms with Crippen LogP contribution >= 0.6 is 0 Å². The van der Waals surface area contributed by atoms with E-state index in [-0.39, 0.29) is 18.0 Å². The zero-order valence-electron chi connectivity index (χ0n) is 16.7. The Morgan fingerprint density at radius 3 is 2.39 bits per heavy atom. The fraction of sp³-hybridized carbons (Fsp3) is 0.304. The lowest BCUT2D eigenvalue weighted by Crippen LogP contribution is -2.41. The highest BCUT2D eigenvalue weighted by molar-refractivity contribution is 5.95. The topological polar surface area (TPSA) is 59.0 Å². The average Bonchev–Trinajstić information content (AvgIpc) is 3.21. The molecule has 2 aromatic carbocycles. The van der Waals surface area contributed by atoms with Gasteiger partial charge in [0.25, 0.3) is 0 Å². The highest BCUT2D eigenvalue weighted by atomic mass is 16.2. The van der Waals surface area contributed by atoms with Crippen LogP contribution < -0.4 is 10.6 Å². The van der Waals surface area contributed by atoms with Gasteiger partial charge < -0.3 is 5.32 Å². The minimum Gasteiger partial charge on any atom is -0.324 e. The Hall–Kier alpha value is -2.92. The van der Waals surface area contributed by atoms with Crippen molar-refractivity contribution in [1.29, 1.82) is 0 Å². The summed E-state index contributed by atoms with van der Waals surface area (Å²) in [6.07, 6.45) is 3.70. The summed E-state index contributed by atoms with van der Waals surface area (Å²) in [6.45, 7) is 6.80. The van der Waals surface area contributed by atoms with E-state index in [0.29, 0.717) is 12.5 Å². The average molecular weight is 377 g/mol. The first-order chi connectivity index (χ1) is 13.5. The molecule has 3 aromatic rings. The van der Waals surface area contributed by atoms with Crippen molar-refractivity contribution in [3.05, 3.63) is 84.2 Å². The predicted molar refractivity (Wildman–Crippen MR) is 113 cm³/mol. The zero-order valence-corrected chi connectivity index (χ0v) is 16.7. The largest absolute Gasteiger partial charge is 0.324 e. The second-order valence-corrected chi connectivity index (χ2v) is 7.31. The maximum atomic E-state index is 12.9. The quantitative estimate of drug-likeness (QED) is 0.614. The van der Waals surface area contributed by atoms with Crippen molar-refractivity contribution in [2.45, 2.75) is 45.3 Å². The van der Waals surface area contributed by atoms with Crippen LogP contribution in [-0.4, -0.2) is 21.7 Å². The van der Waals surface area contributed by atoms with Crippen molar-refractivity contribution in [3.8, 4) is 0 Å². The van der Waals surface area contributed by atoms with Crippen molar-refractivity contribution in [2.24, 2.45) is 0 Å². The standard InChI is InChI=1S/C23H28N4O/c1-17(2)20-12-7-8-13-21(20)26-23(28)18(3)25-22(16-27-15-9-14-24-27)19-10-5-4-6-11-19/h4-15,17-18,22,25H,16H2,1-3H3,(H,26,28). The summed E-state index contributed by atoms with van der Waals surface area (Å²) < 4.78 is 1.88. The molecule has 0 fully saturated rings. The number of rotatable bonds is 8. The lowest BCUT2D eigenvalue weighted by molar-refractivity contribution is -0.118. The van der Waals surface area contributed by atoms with Gasteiger partial charge >= 0.3 is 0 Å². The fourth-order valence-corrected chi connectivity index (χ4v) is 3.27. The Kier molecular flexibility index (Phi) is 6.61. The van der Waals surface area contributed by atoms with Crippen LogP contribution in [0, 0.1) is 0 Å². The molecule has 0 saturated heterocycles. The normalized spacial score (nSPS) is 13.3. The lowest BCUT2D eigenvalue weighted by atomic mass is 10.0. The van der Waals surface area contributed by atoms with Crippen LogP contribution in [0.1, 0.15) is 43.9 Å². The van der Waals surface area contributed by atoms with Crippen molar-refractivity contribution < 1.29 is 4.79 Å². The molecule has 2 atom stereocenters. The number of para-hydroxylation sites is 1. The minimum atomic E-state index is -0.360. The number of nitrogens with zero attached hydrogens (tertiary/aromatic N) is 2. The number of nitrogens with one attached hydrogen (secondary N) is 2. The number of carbonyl (C=O) groups is 1. The Labute approximate surface area is 166 Å². The van der Waals surface area contributed by atoms with E-state index in [1.807, 2.05) is 60.3 Å². The number of hydrogen-bond acceptors (Lipinski definition) is 3. The van der Waals surface area contributed by atoms with E-state index >= 15 is 0 Å². The van der Waals surface area contributed by atoms with Crippen LogP contribution in [0.4, 0.5) is 5.69 Å². The van der Waals surface area contributed by atoms with E-state index in [1.54, 1.807) is 6.20 Å². The second kappa shape index (κ2) is 9.33. The van der Waals surface area contributed by atoms with E-state index in [2.05, 4.69) is 47.8 Å². The Bertz CT molecular complexity index is 875. The first-order valence-corrected chi connectivity index (χ1v) is 9.73. The summed E-state index contributed by atoms with van der Waals surface area (Å²) in [5, 5.41) is 10.9. The summed E-state index contributed by atoms with van der Waals surface area (Å²) in [5.74, 6) is 0.297. The molecule has 1 amide bonds. The molecule has 1 aromatic heterocycles. The van der Waals surface area contributed by atoms with Crippen LogP contribution in [-0.2, 0) is 11.3 Å². The van der Waals surface area contributed by atoms with E-state index in [4.69, 9.17) is 0 Å². The first kappa shape index (κ1) is 19.8. The molecule has 2 N–H and O–H groups in total. The van der Waals surface area contributed by atoms with Crippen LogP contribution in [0.5, 0.6) is 0 Å². The molecule has 0 aliphatic carbocycles. The van der Waals surface area contributed by atoms with Gasteiger partial charge in [0.15, 0.2) is 0 Å². The van der Waals surface area contributed by atoms with Crippen LogP contribution in [0.15, 0.2) is 73.1 Å². The summed E-state index contributed by atoms with van der Waals surface area (Å²) in [7, 11) is 0. The zero-order chi connectivity index (χ0) is 19.9. The molecule has 0 saturated carbocycles. The Morgan fingerprint density at radius 1 is 1.00 bits per heavy atom. The smallest absolute Gasteiger partial charge is 0.241 e. The van der Waals surface area contributed by atoms with E-state index in [0.717, 1.165) is 16.8 Å². The monoisotopic (exact) mass is 376 g/mol. The predicted octanol–water partition coefficient (Wildman–Crippen LogP) is 4.36. The summed E-state index contributed by atoms with van der Waals surface area (Å²) in [4.78, 5) is 12.9. The molecular formula is C23H28N4O. The van der Waals surface area contributed by atoms with Crippen LogP contribution in [0.2, 0.25) is 0 Å². The molecule has 1 heterocycles. The summed E-state index contributed by atoms with van der Waals surface area (Å²) in [6, 6.07) is 19.6. The van der Waals surface area contributed by atoms with Gasteiger partial charge in [0, 0.05) is 18.1 Å². The fourth-order valence-electron chi connectivity index (χ4n) is 3.27. The van der Waals surface area contributed by atoms with Gasteiger partial charge in [-0.15, -0.1) is 0 Å². The van der Waals surface area contributed by atoms with Crippen molar-refractivity contribution in [3.63, 3.8) is 0 Å². The molecule has 28 heavy (non-hydrogen) atoms. The maximum Gasteiger partial charge on any atom is 0.241 e. The second-order valence-electron chi connectivity index (χ2n) is 7.31. The Balaban J connectivity index is 1.72. The van der Waals surface area contributed by atoms with Gasteiger partial charge in [-0.25, -0.2) is 0 Å². The van der Waals surface area contributed by atoms with Gasteiger partial charge in [-0.3, -0.25) is 14.8 Å². The van der Waals surface area contributed by atoms with Gasteiger partial charge in [0.2, 0.25) is 5.91 Å². The molecule has 0 aliphatic rings.